The molecule has 1 saturated carbocycles. The van der Waals surface area contributed by atoms with Crippen molar-refractivity contribution in [2.45, 2.75) is 38.5 Å². The zero-order valence-corrected chi connectivity index (χ0v) is 14.4. The van der Waals surface area contributed by atoms with Crippen LogP contribution in [-0.4, -0.2) is 13.6 Å². The zero-order valence-electron chi connectivity index (χ0n) is 12.1. The quantitative estimate of drug-likeness (QED) is 0.710. The van der Waals surface area contributed by atoms with Crippen LogP contribution in [0.3, 0.4) is 0 Å². The first-order valence-corrected chi connectivity index (χ1v) is 8.53. The molecule has 0 bridgehead atoms. The highest BCUT2D eigenvalue weighted by molar-refractivity contribution is 9.10. The molecule has 0 amide bonds. The second-order valence-electron chi connectivity index (χ2n) is 5.78. The lowest BCUT2D eigenvalue weighted by Crippen LogP contribution is -2.31. The number of hydrogen-bond donors (Lipinski definition) is 1. The van der Waals surface area contributed by atoms with Crippen LogP contribution in [-0.2, 0) is 0 Å². The predicted molar refractivity (Wildman–Crippen MR) is 86.9 cm³/mol. The fraction of sp³-hybridized carbons (Fsp3) is 0.625. The van der Waals surface area contributed by atoms with E-state index in [1.54, 1.807) is 0 Å². The minimum Gasteiger partial charge on any atom is -0.319 e. The van der Waals surface area contributed by atoms with Gasteiger partial charge < -0.3 is 5.32 Å². The third-order valence-electron chi connectivity index (χ3n) is 4.61. The van der Waals surface area contributed by atoms with Crippen molar-refractivity contribution in [2.75, 3.05) is 13.6 Å². The summed E-state index contributed by atoms with van der Waals surface area (Å²) in [5, 5.41) is 3.46. The maximum atomic E-state index is 14.5. The van der Waals surface area contributed by atoms with Gasteiger partial charge in [0.1, 0.15) is 5.82 Å². The van der Waals surface area contributed by atoms with Crippen LogP contribution in [0.5, 0.6) is 0 Å². The fourth-order valence-corrected chi connectivity index (χ4v) is 3.88. The first-order chi connectivity index (χ1) is 9.58. The summed E-state index contributed by atoms with van der Waals surface area (Å²) in [6, 6.07) is 3.77. The van der Waals surface area contributed by atoms with Crippen LogP contribution >= 0.6 is 27.5 Å². The van der Waals surface area contributed by atoms with E-state index < -0.39 is 0 Å². The van der Waals surface area contributed by atoms with Gasteiger partial charge in [-0.05, 0) is 71.7 Å². The van der Waals surface area contributed by atoms with Crippen molar-refractivity contribution < 1.29 is 4.39 Å². The van der Waals surface area contributed by atoms with Crippen molar-refractivity contribution in [3.05, 3.63) is 33.0 Å². The maximum Gasteiger partial charge on any atom is 0.146 e. The predicted octanol–water partition coefficient (Wildman–Crippen LogP) is 5.37. The normalized spacial score (nSPS) is 26.8. The van der Waals surface area contributed by atoms with Gasteiger partial charge in [-0.15, -0.1) is 0 Å². The van der Waals surface area contributed by atoms with Crippen molar-refractivity contribution in [1.82, 2.24) is 5.32 Å². The van der Waals surface area contributed by atoms with Gasteiger partial charge in [0, 0.05) is 4.47 Å². The Hall–Kier alpha value is -0.120. The molecule has 112 valence electrons. The van der Waals surface area contributed by atoms with Crippen molar-refractivity contribution in [2.24, 2.45) is 11.8 Å². The molecule has 3 unspecified atom stereocenters. The Balaban J connectivity index is 2.32. The molecular weight excluding hydrogens is 341 g/mol. The molecule has 0 aromatic heterocycles. The van der Waals surface area contributed by atoms with Crippen LogP contribution < -0.4 is 5.32 Å². The van der Waals surface area contributed by atoms with Gasteiger partial charge in [-0.1, -0.05) is 37.4 Å². The van der Waals surface area contributed by atoms with Gasteiger partial charge in [0.2, 0.25) is 0 Å². The van der Waals surface area contributed by atoms with Gasteiger partial charge in [-0.2, -0.15) is 0 Å². The average Bonchev–Trinajstić information content (AvgIpc) is 2.46. The van der Waals surface area contributed by atoms with Gasteiger partial charge in [0.25, 0.3) is 0 Å². The second-order valence-corrected chi connectivity index (χ2v) is 7.01. The van der Waals surface area contributed by atoms with Gasteiger partial charge >= 0.3 is 0 Å². The summed E-state index contributed by atoms with van der Waals surface area (Å²) in [7, 11) is 1.97. The van der Waals surface area contributed by atoms with E-state index in [0.717, 1.165) is 24.9 Å². The molecule has 3 atom stereocenters. The van der Waals surface area contributed by atoms with Crippen LogP contribution in [0, 0.1) is 17.7 Å². The number of benzene rings is 1. The first-order valence-electron chi connectivity index (χ1n) is 7.36. The van der Waals surface area contributed by atoms with E-state index in [2.05, 4.69) is 28.2 Å². The molecular formula is C16H22BrClFN. The Kier molecular flexibility index (Phi) is 5.88. The van der Waals surface area contributed by atoms with Crippen molar-refractivity contribution in [1.29, 1.82) is 0 Å². The van der Waals surface area contributed by atoms with E-state index in [0.29, 0.717) is 16.3 Å². The number of halogens is 3. The lowest BCUT2D eigenvalue weighted by Gasteiger charge is -2.36. The Bertz CT molecular complexity index is 466. The average molecular weight is 363 g/mol. The van der Waals surface area contributed by atoms with Crippen molar-refractivity contribution >= 4 is 27.5 Å². The number of rotatable bonds is 4. The first kappa shape index (κ1) is 16.3. The summed E-state index contributed by atoms with van der Waals surface area (Å²) in [6.45, 7) is 3.17. The zero-order chi connectivity index (χ0) is 14.7. The lowest BCUT2D eigenvalue weighted by atomic mass is 9.70. The summed E-state index contributed by atoms with van der Waals surface area (Å²) in [6.07, 6.45) is 4.66. The van der Waals surface area contributed by atoms with Gasteiger partial charge in [-0.25, -0.2) is 4.39 Å². The van der Waals surface area contributed by atoms with Crippen molar-refractivity contribution in [3.8, 4) is 0 Å². The Labute approximate surface area is 134 Å². The SMILES string of the molecule is CCC1CCC(CNC)C(c2ccc(Br)c(Cl)c2F)C1. The van der Waals surface area contributed by atoms with E-state index in [9.17, 15) is 4.39 Å². The van der Waals surface area contributed by atoms with E-state index >= 15 is 0 Å². The molecule has 0 aliphatic heterocycles. The maximum absolute atomic E-state index is 14.5. The standard InChI is InChI=1S/C16H22BrClFN/c1-3-10-4-5-11(9-20-2)13(8-10)12-6-7-14(17)15(18)16(12)19/h6-7,10-11,13,20H,3-5,8-9H2,1-2H3. The molecule has 1 aromatic carbocycles. The molecule has 1 aliphatic rings. The van der Waals surface area contributed by atoms with Crippen molar-refractivity contribution in [3.63, 3.8) is 0 Å². The third-order valence-corrected chi connectivity index (χ3v) is 5.87. The van der Waals surface area contributed by atoms with Crippen LogP contribution in [0.15, 0.2) is 16.6 Å². The topological polar surface area (TPSA) is 12.0 Å². The molecule has 2 rings (SSSR count). The van der Waals surface area contributed by atoms with E-state index in [-0.39, 0.29) is 16.8 Å². The van der Waals surface area contributed by atoms with E-state index in [1.165, 1.54) is 12.8 Å². The molecule has 20 heavy (non-hydrogen) atoms. The van der Waals surface area contributed by atoms with Crippen LogP contribution in [0.2, 0.25) is 5.02 Å². The molecule has 0 spiro atoms. The van der Waals surface area contributed by atoms with E-state index in [4.69, 9.17) is 11.6 Å². The summed E-state index contributed by atoms with van der Waals surface area (Å²) in [4.78, 5) is 0. The second kappa shape index (κ2) is 7.24. The third kappa shape index (κ3) is 3.37. The van der Waals surface area contributed by atoms with E-state index in [1.807, 2.05) is 19.2 Å². The highest BCUT2D eigenvalue weighted by Crippen LogP contribution is 2.44. The number of nitrogens with one attached hydrogen (secondary N) is 1. The monoisotopic (exact) mass is 361 g/mol. The molecule has 0 radical (unpaired) electrons. The molecule has 1 fully saturated rings. The summed E-state index contributed by atoms with van der Waals surface area (Å²) in [5.41, 5.74) is 0.789. The van der Waals surface area contributed by atoms with Gasteiger partial charge in [0.05, 0.1) is 5.02 Å². The molecule has 0 heterocycles. The summed E-state index contributed by atoms with van der Waals surface area (Å²) < 4.78 is 15.1. The van der Waals surface area contributed by atoms with Crippen LogP contribution in [0.1, 0.15) is 44.1 Å². The molecule has 1 aromatic rings. The molecule has 1 N–H and O–H groups in total. The molecule has 1 aliphatic carbocycles. The minimum atomic E-state index is -0.246. The lowest BCUT2D eigenvalue weighted by molar-refractivity contribution is 0.225. The highest BCUT2D eigenvalue weighted by atomic mass is 79.9. The highest BCUT2D eigenvalue weighted by Gasteiger charge is 2.32. The summed E-state index contributed by atoms with van der Waals surface area (Å²) >= 11 is 9.35. The van der Waals surface area contributed by atoms with Gasteiger partial charge in [-0.3, -0.25) is 0 Å². The molecule has 0 saturated heterocycles. The minimum absolute atomic E-state index is 0.212. The molecule has 1 nitrogen and oxygen atoms in total. The number of hydrogen-bond acceptors (Lipinski definition) is 1. The Morgan fingerprint density at radius 1 is 1.40 bits per heavy atom. The smallest absolute Gasteiger partial charge is 0.146 e. The van der Waals surface area contributed by atoms with Crippen LogP contribution in [0.25, 0.3) is 0 Å². The Morgan fingerprint density at radius 3 is 2.80 bits per heavy atom. The Morgan fingerprint density at radius 2 is 2.15 bits per heavy atom. The summed E-state index contributed by atoms with van der Waals surface area (Å²) in [5.74, 6) is 1.22. The largest absolute Gasteiger partial charge is 0.319 e. The fourth-order valence-electron chi connectivity index (χ4n) is 3.41. The van der Waals surface area contributed by atoms with Crippen LogP contribution in [0.4, 0.5) is 4.39 Å². The van der Waals surface area contributed by atoms with Gasteiger partial charge in [0.15, 0.2) is 0 Å². The molecule has 4 heteroatoms.